The van der Waals surface area contributed by atoms with Crippen LogP contribution in [-0.2, 0) is 0 Å². The van der Waals surface area contributed by atoms with Crippen LogP contribution in [-0.4, -0.2) is 14.5 Å². The lowest BCUT2D eigenvalue weighted by molar-refractivity contribution is 1.18. The molecule has 234 valence electrons. The minimum absolute atomic E-state index is 0.732. The van der Waals surface area contributed by atoms with E-state index in [1.54, 1.807) is 0 Å². The summed E-state index contributed by atoms with van der Waals surface area (Å²) in [4.78, 5) is 10.4. The molecular weight excluding hydrogens is 627 g/mol. The third-order valence-electron chi connectivity index (χ3n) is 9.63. The van der Waals surface area contributed by atoms with Crippen LogP contribution < -0.4 is 0 Å². The molecule has 10 aromatic rings. The number of thiophene rings is 1. The van der Waals surface area contributed by atoms with Gasteiger partial charge in [-0.1, -0.05) is 133 Å². The van der Waals surface area contributed by atoms with Crippen LogP contribution in [0.15, 0.2) is 176 Å². The Kier molecular flexibility index (Phi) is 6.68. The second-order valence-electron chi connectivity index (χ2n) is 12.6. The Balaban J connectivity index is 1.18. The molecule has 3 heterocycles. The summed E-state index contributed by atoms with van der Waals surface area (Å²) in [7, 11) is 0. The highest BCUT2D eigenvalue weighted by Gasteiger charge is 2.19. The zero-order valence-corrected chi connectivity index (χ0v) is 27.8. The molecule has 0 fully saturated rings. The molecule has 0 radical (unpaired) electrons. The van der Waals surface area contributed by atoms with Gasteiger partial charge in [0.15, 0.2) is 5.82 Å². The summed E-state index contributed by atoms with van der Waals surface area (Å²) in [5, 5.41) is 4.92. The number of hydrogen-bond acceptors (Lipinski definition) is 3. The number of rotatable bonds is 5. The molecular formula is C46H29N3S. The van der Waals surface area contributed by atoms with Gasteiger partial charge in [0.05, 0.1) is 22.4 Å². The fourth-order valence-electron chi connectivity index (χ4n) is 7.34. The SMILES string of the molecule is c1ccc(-c2cc(-c3ccccc3)nc(-c3cccc4sc5c(-c6ccc7c(c6)c6ccccc6n7-c6ccccc6)cccc5c34)n2)cc1. The van der Waals surface area contributed by atoms with Crippen LogP contribution >= 0.6 is 11.3 Å². The molecule has 0 saturated heterocycles. The van der Waals surface area contributed by atoms with E-state index < -0.39 is 0 Å². The van der Waals surface area contributed by atoms with Crippen molar-refractivity contribution in [2.75, 3.05) is 0 Å². The Morgan fingerprint density at radius 2 is 1.02 bits per heavy atom. The monoisotopic (exact) mass is 655 g/mol. The molecule has 10 rings (SSSR count). The lowest BCUT2D eigenvalue weighted by Crippen LogP contribution is -1.96. The number of hydrogen-bond donors (Lipinski definition) is 0. The lowest BCUT2D eigenvalue weighted by atomic mass is 9.99. The number of nitrogens with zero attached hydrogens (tertiary/aromatic N) is 3. The molecule has 0 atom stereocenters. The van der Waals surface area contributed by atoms with Crippen LogP contribution in [0, 0.1) is 0 Å². The van der Waals surface area contributed by atoms with Crippen LogP contribution in [0.1, 0.15) is 0 Å². The third-order valence-corrected chi connectivity index (χ3v) is 10.8. The first-order valence-electron chi connectivity index (χ1n) is 16.8. The summed E-state index contributed by atoms with van der Waals surface area (Å²) in [5.74, 6) is 0.732. The number of aromatic nitrogens is 3. The first-order valence-corrected chi connectivity index (χ1v) is 17.7. The van der Waals surface area contributed by atoms with Crippen LogP contribution in [0.25, 0.3) is 92.7 Å². The molecule has 0 saturated carbocycles. The Labute approximate surface area is 293 Å². The van der Waals surface area contributed by atoms with Crippen LogP contribution in [0.5, 0.6) is 0 Å². The highest BCUT2D eigenvalue weighted by atomic mass is 32.1. The topological polar surface area (TPSA) is 30.7 Å². The van der Waals surface area contributed by atoms with E-state index in [9.17, 15) is 0 Å². The maximum absolute atomic E-state index is 5.20. The van der Waals surface area contributed by atoms with Crippen molar-refractivity contribution >= 4 is 53.3 Å². The maximum Gasteiger partial charge on any atom is 0.161 e. The minimum Gasteiger partial charge on any atom is -0.309 e. The molecule has 0 bridgehead atoms. The molecule has 50 heavy (non-hydrogen) atoms. The second kappa shape index (κ2) is 11.7. The second-order valence-corrected chi connectivity index (χ2v) is 13.6. The minimum atomic E-state index is 0.732. The zero-order chi connectivity index (χ0) is 33.0. The van der Waals surface area contributed by atoms with Gasteiger partial charge in [0.1, 0.15) is 0 Å². The molecule has 7 aromatic carbocycles. The van der Waals surface area contributed by atoms with Crippen molar-refractivity contribution in [3.8, 4) is 50.7 Å². The summed E-state index contributed by atoms with van der Waals surface area (Å²) in [6.45, 7) is 0. The van der Waals surface area contributed by atoms with Crippen molar-refractivity contribution in [1.29, 1.82) is 0 Å². The molecule has 0 spiro atoms. The smallest absolute Gasteiger partial charge is 0.161 e. The summed E-state index contributed by atoms with van der Waals surface area (Å²) in [6.07, 6.45) is 0. The van der Waals surface area contributed by atoms with E-state index in [0.717, 1.165) is 33.9 Å². The summed E-state index contributed by atoms with van der Waals surface area (Å²) in [5.41, 5.74) is 11.0. The Hall–Kier alpha value is -6.36. The molecule has 0 N–H and O–H groups in total. The average Bonchev–Trinajstić information content (AvgIpc) is 3.74. The van der Waals surface area contributed by atoms with Gasteiger partial charge in [0.25, 0.3) is 0 Å². The van der Waals surface area contributed by atoms with E-state index in [2.05, 4.69) is 168 Å². The Bertz CT molecular complexity index is 2800. The van der Waals surface area contributed by atoms with Gasteiger partial charge in [-0.2, -0.15) is 0 Å². The van der Waals surface area contributed by atoms with Crippen molar-refractivity contribution in [3.05, 3.63) is 176 Å². The number of para-hydroxylation sites is 2. The molecule has 3 aromatic heterocycles. The normalized spacial score (nSPS) is 11.6. The summed E-state index contributed by atoms with van der Waals surface area (Å²) < 4.78 is 4.86. The van der Waals surface area contributed by atoms with E-state index in [1.807, 2.05) is 23.5 Å². The highest BCUT2D eigenvalue weighted by molar-refractivity contribution is 7.26. The fourth-order valence-corrected chi connectivity index (χ4v) is 8.60. The largest absolute Gasteiger partial charge is 0.309 e. The van der Waals surface area contributed by atoms with Gasteiger partial charge >= 0.3 is 0 Å². The molecule has 3 nitrogen and oxygen atoms in total. The molecule has 0 amide bonds. The van der Waals surface area contributed by atoms with Gasteiger partial charge in [-0.3, -0.25) is 0 Å². The fraction of sp³-hybridized carbons (Fsp3) is 0. The van der Waals surface area contributed by atoms with Gasteiger partial charge in [0, 0.05) is 53.3 Å². The van der Waals surface area contributed by atoms with Crippen LogP contribution in [0.3, 0.4) is 0 Å². The summed E-state index contributed by atoms with van der Waals surface area (Å²) >= 11 is 1.84. The standard InChI is InChI=1S/C46H29N3S/c1-4-14-30(15-5-1)39-29-40(31-16-6-2-7-17-31)48-46(47-39)37-23-13-25-43-44(37)36-22-12-21-34(45(36)50-43)32-26-27-42-38(28-32)35-20-10-11-24-41(35)49(42)33-18-8-3-9-19-33/h1-29H. The van der Waals surface area contributed by atoms with Gasteiger partial charge in [-0.25, -0.2) is 9.97 Å². The Morgan fingerprint density at radius 3 is 1.76 bits per heavy atom. The summed E-state index contributed by atoms with van der Waals surface area (Å²) in [6, 6.07) is 62.4. The van der Waals surface area contributed by atoms with Gasteiger partial charge < -0.3 is 4.57 Å². The van der Waals surface area contributed by atoms with Gasteiger partial charge in [-0.05, 0) is 53.6 Å². The van der Waals surface area contributed by atoms with Crippen molar-refractivity contribution in [2.24, 2.45) is 0 Å². The zero-order valence-electron chi connectivity index (χ0n) is 27.0. The van der Waals surface area contributed by atoms with E-state index >= 15 is 0 Å². The van der Waals surface area contributed by atoms with Gasteiger partial charge in [0.2, 0.25) is 0 Å². The van der Waals surface area contributed by atoms with Crippen LogP contribution in [0.4, 0.5) is 0 Å². The molecule has 0 aliphatic heterocycles. The Morgan fingerprint density at radius 1 is 0.420 bits per heavy atom. The van der Waals surface area contributed by atoms with E-state index in [-0.39, 0.29) is 0 Å². The van der Waals surface area contributed by atoms with E-state index in [4.69, 9.17) is 9.97 Å². The van der Waals surface area contributed by atoms with Crippen molar-refractivity contribution in [1.82, 2.24) is 14.5 Å². The molecule has 4 heteroatoms. The van der Waals surface area contributed by atoms with Gasteiger partial charge in [-0.15, -0.1) is 11.3 Å². The maximum atomic E-state index is 5.20. The number of benzene rings is 7. The quantitative estimate of drug-likeness (QED) is 0.185. The predicted octanol–water partition coefficient (Wildman–Crippen LogP) is 12.6. The van der Waals surface area contributed by atoms with Crippen molar-refractivity contribution in [2.45, 2.75) is 0 Å². The van der Waals surface area contributed by atoms with Crippen molar-refractivity contribution < 1.29 is 0 Å². The van der Waals surface area contributed by atoms with Crippen molar-refractivity contribution in [3.63, 3.8) is 0 Å². The molecule has 0 unspecified atom stereocenters. The third kappa shape index (κ3) is 4.65. The van der Waals surface area contributed by atoms with Crippen LogP contribution in [0.2, 0.25) is 0 Å². The van der Waals surface area contributed by atoms with E-state index in [0.29, 0.717) is 0 Å². The first-order chi connectivity index (χ1) is 24.8. The predicted molar refractivity (Wildman–Crippen MR) is 211 cm³/mol. The average molecular weight is 656 g/mol. The highest BCUT2D eigenvalue weighted by Crippen LogP contribution is 2.45. The lowest BCUT2D eigenvalue weighted by Gasteiger charge is -2.10. The molecule has 0 aliphatic rings. The van der Waals surface area contributed by atoms with E-state index in [1.165, 1.54) is 58.8 Å². The molecule has 0 aliphatic carbocycles. The first kappa shape index (κ1) is 28.6. The number of fused-ring (bicyclic) bond motifs is 6.